The summed E-state index contributed by atoms with van der Waals surface area (Å²) in [6, 6.07) is 6.10. The Balaban J connectivity index is 1.16. The van der Waals surface area contributed by atoms with Crippen molar-refractivity contribution in [1.82, 2.24) is 5.32 Å². The van der Waals surface area contributed by atoms with Crippen LogP contribution in [0.2, 0.25) is 5.82 Å². The summed E-state index contributed by atoms with van der Waals surface area (Å²) in [7, 11) is -1.04. The van der Waals surface area contributed by atoms with Crippen molar-refractivity contribution in [2.75, 3.05) is 6.54 Å². The number of benzene rings is 1. The first kappa shape index (κ1) is 24.5. The minimum Gasteiger partial charge on any atom is -0.535 e. The Bertz CT molecular complexity index is 814. The molecule has 0 bridgehead atoms. The second-order valence-corrected chi connectivity index (χ2v) is 10.7. The molecule has 1 heterocycles. The molecule has 3 aliphatic rings. The van der Waals surface area contributed by atoms with Crippen molar-refractivity contribution in [1.29, 1.82) is 0 Å². The maximum Gasteiger partial charge on any atom is 0.526 e. The molecule has 0 amide bonds. The smallest absolute Gasteiger partial charge is 0.526 e. The van der Waals surface area contributed by atoms with Gasteiger partial charge in [0.2, 0.25) is 0 Å². The Morgan fingerprint density at radius 2 is 1.82 bits per heavy atom. The number of hydrogen-bond donors (Lipinski definition) is 2. The predicted molar refractivity (Wildman–Crippen MR) is 132 cm³/mol. The second kappa shape index (κ2) is 11.7. The van der Waals surface area contributed by atoms with Crippen LogP contribution in [0.15, 0.2) is 18.2 Å². The van der Waals surface area contributed by atoms with E-state index in [4.69, 9.17) is 4.65 Å². The molecule has 0 unspecified atom stereocenters. The van der Waals surface area contributed by atoms with E-state index in [9.17, 15) is 14.6 Å². The third-order valence-electron chi connectivity index (χ3n) is 8.15. The summed E-state index contributed by atoms with van der Waals surface area (Å²) in [6.07, 6.45) is 14.5. The molecule has 2 saturated carbocycles. The Morgan fingerprint density at radius 1 is 1.06 bits per heavy atom. The van der Waals surface area contributed by atoms with E-state index in [1.165, 1.54) is 45.4 Å². The Kier molecular flexibility index (Phi) is 8.64. The molecule has 1 aromatic rings. The summed E-state index contributed by atoms with van der Waals surface area (Å²) in [5.41, 5.74) is 1.41. The third-order valence-corrected chi connectivity index (χ3v) is 8.15. The molecule has 0 aromatic heterocycles. The van der Waals surface area contributed by atoms with Crippen LogP contribution in [0.25, 0.3) is 0 Å². The first-order valence-electron chi connectivity index (χ1n) is 13.2. The van der Waals surface area contributed by atoms with E-state index in [0.29, 0.717) is 42.5 Å². The first-order valence-corrected chi connectivity index (χ1v) is 13.2. The summed E-state index contributed by atoms with van der Waals surface area (Å²) in [5.74, 6) is 1.83. The van der Waals surface area contributed by atoms with Crippen LogP contribution in [-0.4, -0.2) is 36.3 Å². The lowest BCUT2D eigenvalue weighted by Crippen LogP contribution is -2.36. The maximum absolute atomic E-state index is 12.8. The minimum atomic E-state index is -1.04. The van der Waals surface area contributed by atoms with Crippen molar-refractivity contribution < 1.29 is 19.3 Å². The molecular formula is C27H40BNO4. The number of carbonyl (C=O) groups excluding carboxylic acids is 2. The fourth-order valence-electron chi connectivity index (χ4n) is 6.20. The van der Waals surface area contributed by atoms with E-state index in [0.717, 1.165) is 43.7 Å². The van der Waals surface area contributed by atoms with Crippen molar-refractivity contribution in [3.8, 4) is 5.75 Å². The van der Waals surface area contributed by atoms with Crippen LogP contribution in [0.1, 0.15) is 99.9 Å². The van der Waals surface area contributed by atoms with Gasteiger partial charge in [-0.3, -0.25) is 9.59 Å². The number of para-hydroxylation sites is 1. The normalized spacial score (nSPS) is 25.5. The topological polar surface area (TPSA) is 75.6 Å². The second-order valence-electron chi connectivity index (χ2n) is 10.7. The van der Waals surface area contributed by atoms with Crippen LogP contribution in [0.5, 0.6) is 5.75 Å². The van der Waals surface area contributed by atoms with E-state index < -0.39 is 7.12 Å². The lowest BCUT2D eigenvalue weighted by Gasteiger charge is -2.30. The predicted octanol–water partition coefficient (Wildman–Crippen LogP) is 5.14. The zero-order chi connectivity index (χ0) is 23.2. The van der Waals surface area contributed by atoms with Gasteiger partial charge in [0.05, 0.1) is 5.56 Å². The monoisotopic (exact) mass is 453 g/mol. The van der Waals surface area contributed by atoms with Crippen LogP contribution in [0.3, 0.4) is 0 Å². The number of fused-ring (bicyclic) bond motifs is 1. The molecule has 1 aliphatic heterocycles. The number of nitrogens with one attached hydrogen (secondary N) is 1. The molecule has 180 valence electrons. The van der Waals surface area contributed by atoms with Crippen LogP contribution in [0.4, 0.5) is 0 Å². The van der Waals surface area contributed by atoms with Gasteiger partial charge >= 0.3 is 7.12 Å². The summed E-state index contributed by atoms with van der Waals surface area (Å²) in [6.45, 7) is 2.64. The molecule has 33 heavy (non-hydrogen) atoms. The zero-order valence-electron chi connectivity index (χ0n) is 20.2. The highest BCUT2D eigenvalue weighted by Gasteiger charge is 2.37. The molecule has 0 saturated heterocycles. The number of ketones is 2. The standard InChI is InChI=1S/C27H40BNO4/c1-19(30)26-10-4-9-22-17-23(28(32)33-27(22)26)18-25(31)16-21-11-13-24(14-12-21)29-15-5-8-20-6-2-3-7-20/h4,9-10,20-21,23-24,29,32H,2-3,5-8,11-18H2,1H3/t21?,23-,24?/m1/s1. The van der Waals surface area contributed by atoms with E-state index >= 15 is 0 Å². The molecule has 1 atom stereocenters. The van der Waals surface area contributed by atoms with Crippen molar-refractivity contribution in [2.24, 2.45) is 11.8 Å². The molecule has 6 heteroatoms. The van der Waals surface area contributed by atoms with E-state index in [1.807, 2.05) is 12.1 Å². The number of Topliss-reactive ketones (excluding diaryl/α,β-unsaturated/α-hetero) is 2. The van der Waals surface area contributed by atoms with Crippen LogP contribution in [0, 0.1) is 11.8 Å². The van der Waals surface area contributed by atoms with Crippen molar-refractivity contribution in [3.63, 3.8) is 0 Å². The Morgan fingerprint density at radius 3 is 2.55 bits per heavy atom. The molecule has 0 radical (unpaired) electrons. The molecule has 0 spiro atoms. The largest absolute Gasteiger partial charge is 0.535 e. The molecule has 2 aliphatic carbocycles. The number of carbonyl (C=O) groups is 2. The highest BCUT2D eigenvalue weighted by molar-refractivity contribution is 6.47. The lowest BCUT2D eigenvalue weighted by atomic mass is 9.64. The van der Waals surface area contributed by atoms with E-state index in [-0.39, 0.29) is 17.4 Å². The van der Waals surface area contributed by atoms with Gasteiger partial charge in [-0.05, 0) is 81.9 Å². The highest BCUT2D eigenvalue weighted by atomic mass is 16.5. The van der Waals surface area contributed by atoms with Gasteiger partial charge in [-0.15, -0.1) is 0 Å². The van der Waals surface area contributed by atoms with Gasteiger partial charge in [0.25, 0.3) is 0 Å². The molecule has 4 rings (SSSR count). The van der Waals surface area contributed by atoms with Crippen LogP contribution < -0.4 is 9.97 Å². The van der Waals surface area contributed by atoms with Gasteiger partial charge in [-0.25, -0.2) is 0 Å². The van der Waals surface area contributed by atoms with Gasteiger partial charge < -0.3 is 15.0 Å². The molecule has 2 fully saturated rings. The molecule has 2 N–H and O–H groups in total. The number of rotatable bonds is 10. The average molecular weight is 453 g/mol. The molecular weight excluding hydrogens is 413 g/mol. The quantitative estimate of drug-likeness (QED) is 0.291. The molecule has 1 aromatic carbocycles. The van der Waals surface area contributed by atoms with Gasteiger partial charge in [0, 0.05) is 24.7 Å². The summed E-state index contributed by atoms with van der Waals surface area (Å²) < 4.78 is 5.70. The van der Waals surface area contributed by atoms with Gasteiger partial charge in [0.15, 0.2) is 5.78 Å². The summed E-state index contributed by atoms with van der Waals surface area (Å²) in [5, 5.41) is 14.2. The SMILES string of the molecule is CC(=O)c1cccc2c1OB(O)[C@@H](CC(=O)CC1CCC(NCCCC3CCCC3)CC1)C2. The fourth-order valence-corrected chi connectivity index (χ4v) is 6.20. The summed E-state index contributed by atoms with van der Waals surface area (Å²) in [4.78, 5) is 24.6. The first-order chi connectivity index (χ1) is 16.0. The minimum absolute atomic E-state index is 0.0764. The summed E-state index contributed by atoms with van der Waals surface area (Å²) >= 11 is 0. The average Bonchev–Trinajstić information content (AvgIpc) is 3.31. The van der Waals surface area contributed by atoms with Crippen molar-refractivity contribution >= 4 is 18.7 Å². The van der Waals surface area contributed by atoms with E-state index in [2.05, 4.69) is 5.32 Å². The zero-order valence-corrected chi connectivity index (χ0v) is 20.2. The highest BCUT2D eigenvalue weighted by Crippen LogP contribution is 2.37. The van der Waals surface area contributed by atoms with Crippen molar-refractivity contribution in [2.45, 2.75) is 102 Å². The van der Waals surface area contributed by atoms with Gasteiger partial charge in [-0.2, -0.15) is 0 Å². The van der Waals surface area contributed by atoms with Crippen molar-refractivity contribution in [3.05, 3.63) is 29.3 Å². The molecule has 5 nitrogen and oxygen atoms in total. The lowest BCUT2D eigenvalue weighted by molar-refractivity contribution is -0.120. The van der Waals surface area contributed by atoms with Crippen LogP contribution >= 0.6 is 0 Å². The van der Waals surface area contributed by atoms with Gasteiger partial charge in [-0.1, -0.05) is 37.8 Å². The maximum atomic E-state index is 12.8. The fraction of sp³-hybridized carbons (Fsp3) is 0.704. The van der Waals surface area contributed by atoms with Crippen LogP contribution in [-0.2, 0) is 11.2 Å². The Labute approximate surface area is 199 Å². The third kappa shape index (κ3) is 6.70. The Hall–Kier alpha value is -1.66. The van der Waals surface area contributed by atoms with E-state index in [1.54, 1.807) is 6.07 Å². The van der Waals surface area contributed by atoms with Gasteiger partial charge in [0.1, 0.15) is 11.5 Å². The number of hydrogen-bond acceptors (Lipinski definition) is 5.